The third kappa shape index (κ3) is 2.51. The summed E-state index contributed by atoms with van der Waals surface area (Å²) in [7, 11) is -3.59. The Morgan fingerprint density at radius 3 is 2.60 bits per heavy atom. The number of sulfonamides is 1. The van der Waals surface area contributed by atoms with Gasteiger partial charge in [0.2, 0.25) is 15.9 Å². The average molecular weight is 358 g/mol. The van der Waals surface area contributed by atoms with Crippen LogP contribution in [0.15, 0.2) is 29.3 Å². The second-order valence-corrected chi connectivity index (χ2v) is 9.47. The third-order valence-corrected chi connectivity index (χ3v) is 7.22. The highest BCUT2D eigenvalue weighted by molar-refractivity contribution is 7.89. The number of nitrogens with zero attached hydrogens (tertiary/aromatic N) is 2. The molecule has 8 heteroatoms. The number of carbonyl (C=O) groups is 1. The van der Waals surface area contributed by atoms with Gasteiger partial charge in [-0.1, -0.05) is 0 Å². The minimum absolute atomic E-state index is 0.00162. The summed E-state index contributed by atoms with van der Waals surface area (Å²) < 4.78 is 27.7. The van der Waals surface area contributed by atoms with Crippen molar-refractivity contribution < 1.29 is 13.2 Å². The summed E-state index contributed by atoms with van der Waals surface area (Å²) in [4.78, 5) is 21.0. The maximum atomic E-state index is 12.5. The summed E-state index contributed by atoms with van der Waals surface area (Å²) in [6.07, 6.45) is 5.13. The van der Waals surface area contributed by atoms with Gasteiger partial charge in [0, 0.05) is 5.54 Å². The number of fused-ring (bicyclic) bond motifs is 2. The van der Waals surface area contributed by atoms with Gasteiger partial charge in [-0.15, -0.1) is 0 Å². The Morgan fingerprint density at radius 2 is 1.96 bits per heavy atom. The first kappa shape index (κ1) is 15.2. The van der Waals surface area contributed by atoms with Gasteiger partial charge in [0.25, 0.3) is 0 Å². The molecule has 1 aromatic heterocycles. The molecule has 0 atom stereocenters. The largest absolute Gasteiger partial charge is 0.309 e. The Morgan fingerprint density at radius 1 is 1.24 bits per heavy atom. The van der Waals surface area contributed by atoms with Gasteiger partial charge in [-0.05, 0) is 56.7 Å². The van der Waals surface area contributed by atoms with Crippen LogP contribution in [0.2, 0.25) is 0 Å². The summed E-state index contributed by atoms with van der Waals surface area (Å²) in [5.74, 6) is 0.909. The van der Waals surface area contributed by atoms with E-state index in [-0.39, 0.29) is 21.8 Å². The minimum atomic E-state index is -3.59. The minimum Gasteiger partial charge on any atom is -0.309 e. The molecule has 3 aliphatic carbocycles. The second kappa shape index (κ2) is 4.56. The molecule has 3 saturated carbocycles. The first-order valence-electron chi connectivity index (χ1n) is 8.42. The lowest BCUT2D eigenvalue weighted by Crippen LogP contribution is -2.34. The molecular weight excluding hydrogens is 340 g/mol. The highest BCUT2D eigenvalue weighted by atomic mass is 32.2. The molecule has 1 heterocycles. The van der Waals surface area contributed by atoms with Crippen LogP contribution in [0.25, 0.3) is 11.0 Å². The molecule has 7 nitrogen and oxygen atoms in total. The number of anilines is 1. The summed E-state index contributed by atoms with van der Waals surface area (Å²) in [6, 6.07) is 4.66. The highest BCUT2D eigenvalue weighted by Gasteiger charge is 2.74. The lowest BCUT2D eigenvalue weighted by Gasteiger charge is -2.12. The summed E-state index contributed by atoms with van der Waals surface area (Å²) in [6.45, 7) is 1.89. The average Bonchev–Trinajstić information content (AvgIpc) is 3.42. The molecule has 130 valence electrons. The number of carbonyl (C=O) groups excluding carboxylic acids is 1. The van der Waals surface area contributed by atoms with Crippen LogP contribution in [-0.4, -0.2) is 29.8 Å². The van der Waals surface area contributed by atoms with Crippen molar-refractivity contribution in [3.8, 4) is 0 Å². The molecule has 25 heavy (non-hydrogen) atoms. The second-order valence-electron chi connectivity index (χ2n) is 7.79. The molecular formula is C17H18N4O3S. The predicted molar refractivity (Wildman–Crippen MR) is 91.3 cm³/mol. The van der Waals surface area contributed by atoms with Gasteiger partial charge < -0.3 is 5.32 Å². The lowest BCUT2D eigenvalue weighted by atomic mass is 10.2. The zero-order chi connectivity index (χ0) is 17.4. The van der Waals surface area contributed by atoms with Gasteiger partial charge in [0.1, 0.15) is 0 Å². The number of hydrogen-bond acceptors (Lipinski definition) is 5. The van der Waals surface area contributed by atoms with E-state index >= 15 is 0 Å². The summed E-state index contributed by atoms with van der Waals surface area (Å²) in [5, 5.41) is 2.81. The van der Waals surface area contributed by atoms with Crippen LogP contribution >= 0.6 is 0 Å². The van der Waals surface area contributed by atoms with Crippen molar-refractivity contribution in [3.05, 3.63) is 24.4 Å². The molecule has 0 radical (unpaired) electrons. The van der Waals surface area contributed by atoms with Crippen molar-refractivity contribution >= 4 is 32.8 Å². The first-order chi connectivity index (χ1) is 11.8. The molecule has 3 fully saturated rings. The third-order valence-electron chi connectivity index (χ3n) is 5.58. The zero-order valence-electron chi connectivity index (χ0n) is 13.7. The van der Waals surface area contributed by atoms with Crippen LogP contribution in [0, 0.1) is 11.3 Å². The summed E-state index contributed by atoms with van der Waals surface area (Å²) >= 11 is 0. The molecule has 0 saturated heterocycles. The van der Waals surface area contributed by atoms with Crippen LogP contribution in [0.4, 0.5) is 5.82 Å². The number of rotatable bonds is 5. The van der Waals surface area contributed by atoms with E-state index in [2.05, 4.69) is 20.0 Å². The van der Waals surface area contributed by atoms with Crippen molar-refractivity contribution in [3.63, 3.8) is 0 Å². The number of aromatic nitrogens is 2. The number of benzene rings is 1. The number of nitrogens with one attached hydrogen (secondary N) is 2. The molecule has 0 bridgehead atoms. The lowest BCUT2D eigenvalue weighted by molar-refractivity contribution is -0.119. The van der Waals surface area contributed by atoms with Crippen LogP contribution < -0.4 is 10.0 Å². The van der Waals surface area contributed by atoms with E-state index in [9.17, 15) is 13.2 Å². The molecule has 3 aliphatic rings. The van der Waals surface area contributed by atoms with Crippen LogP contribution in [0.1, 0.15) is 32.6 Å². The van der Waals surface area contributed by atoms with Crippen LogP contribution in [-0.2, 0) is 14.8 Å². The van der Waals surface area contributed by atoms with Crippen LogP contribution in [0.3, 0.4) is 0 Å². The fourth-order valence-electron chi connectivity index (χ4n) is 3.20. The fourth-order valence-corrected chi connectivity index (χ4v) is 4.69. The molecule has 0 unspecified atom stereocenters. The Bertz CT molecular complexity index is 1020. The van der Waals surface area contributed by atoms with Crippen molar-refractivity contribution in [1.29, 1.82) is 0 Å². The molecule has 1 amide bonds. The molecule has 1 aromatic carbocycles. The van der Waals surface area contributed by atoms with Gasteiger partial charge in [-0.25, -0.2) is 18.1 Å². The Hall–Kier alpha value is -2.06. The van der Waals surface area contributed by atoms with E-state index in [1.807, 2.05) is 6.92 Å². The van der Waals surface area contributed by atoms with E-state index in [0.717, 1.165) is 25.7 Å². The fraction of sp³-hybridized carbons (Fsp3) is 0.471. The van der Waals surface area contributed by atoms with Crippen molar-refractivity contribution in [2.45, 2.75) is 43.0 Å². The van der Waals surface area contributed by atoms with E-state index in [0.29, 0.717) is 22.8 Å². The standard InChI is InChI=1S/C17H18N4O3S/c1-16(4-5-16)21-25(23,24)11-2-3-12-13(6-11)19-14(9-18-12)20-15(22)17-7-10(17)8-17/h2-3,6,9-10,21H,4-5,7-8H2,1H3,(H,19,20,22). The van der Waals surface area contributed by atoms with Gasteiger partial charge in [0.05, 0.1) is 27.5 Å². The highest BCUT2D eigenvalue weighted by Crippen LogP contribution is 2.75. The zero-order valence-corrected chi connectivity index (χ0v) is 14.6. The molecule has 0 aliphatic heterocycles. The van der Waals surface area contributed by atoms with Crippen molar-refractivity contribution in [1.82, 2.24) is 14.7 Å². The van der Waals surface area contributed by atoms with Crippen molar-refractivity contribution in [2.24, 2.45) is 11.3 Å². The molecule has 5 rings (SSSR count). The SMILES string of the molecule is CC1(NS(=O)(=O)c2ccc3ncc(NC(=O)C45CC4C5)nc3c2)CC1. The quantitative estimate of drug-likeness (QED) is 0.849. The predicted octanol–water partition coefficient (Wildman–Crippen LogP) is 1.81. The van der Waals surface area contributed by atoms with Gasteiger partial charge >= 0.3 is 0 Å². The molecule has 0 spiro atoms. The number of amides is 1. The van der Waals surface area contributed by atoms with E-state index < -0.39 is 10.0 Å². The smallest absolute Gasteiger partial charge is 0.241 e. The van der Waals surface area contributed by atoms with Crippen molar-refractivity contribution in [2.75, 3.05) is 5.32 Å². The van der Waals surface area contributed by atoms with Gasteiger partial charge in [-0.3, -0.25) is 9.78 Å². The maximum Gasteiger partial charge on any atom is 0.241 e. The Kier molecular flexibility index (Phi) is 2.77. The first-order valence-corrected chi connectivity index (χ1v) is 9.90. The van der Waals surface area contributed by atoms with Gasteiger partial charge in [0.15, 0.2) is 5.82 Å². The van der Waals surface area contributed by atoms with E-state index in [4.69, 9.17) is 0 Å². The maximum absolute atomic E-state index is 12.5. The Labute approximate surface area is 145 Å². The molecule has 2 aromatic rings. The molecule has 2 N–H and O–H groups in total. The normalized spacial score (nSPS) is 28.3. The van der Waals surface area contributed by atoms with Crippen LogP contribution in [0.5, 0.6) is 0 Å². The van der Waals surface area contributed by atoms with E-state index in [1.54, 1.807) is 6.07 Å². The summed E-state index contributed by atoms with van der Waals surface area (Å²) in [5.41, 5.74) is 0.552. The van der Waals surface area contributed by atoms with Gasteiger partial charge in [-0.2, -0.15) is 0 Å². The topological polar surface area (TPSA) is 101 Å². The monoisotopic (exact) mass is 358 g/mol. The Balaban J connectivity index is 1.44. The van der Waals surface area contributed by atoms with E-state index in [1.165, 1.54) is 18.3 Å². The number of hydrogen-bond donors (Lipinski definition) is 2.